The smallest absolute Gasteiger partial charge is 0.308 e. The van der Waals surface area contributed by atoms with E-state index in [0.717, 1.165) is 23.5 Å². The molecule has 1 unspecified atom stereocenters. The summed E-state index contributed by atoms with van der Waals surface area (Å²) in [5.41, 5.74) is 0.959. The number of carbonyl (C=O) groups excluding carboxylic acids is 1. The lowest BCUT2D eigenvalue weighted by Crippen LogP contribution is -2.47. The molecule has 1 fully saturated rings. The number of benzene rings is 1. The van der Waals surface area contributed by atoms with Crippen molar-refractivity contribution >= 4 is 11.9 Å². The maximum absolute atomic E-state index is 12.7. The molecule has 1 saturated heterocycles. The number of ether oxygens (including phenoxy) is 2. The van der Waals surface area contributed by atoms with Gasteiger partial charge in [0.25, 0.3) is 0 Å². The molecular formula is C17H21NO5. The lowest BCUT2D eigenvalue weighted by Gasteiger charge is -2.34. The molecule has 0 aliphatic carbocycles. The predicted octanol–water partition coefficient (Wildman–Crippen LogP) is 1.57. The molecule has 2 aliphatic rings. The molecule has 2 aliphatic heterocycles. The summed E-state index contributed by atoms with van der Waals surface area (Å²) in [7, 11) is 1.60. The fraction of sp³-hybridized carbons (Fsp3) is 0.529. The molecule has 2 atom stereocenters. The zero-order valence-electron chi connectivity index (χ0n) is 13.2. The first-order chi connectivity index (χ1) is 11.1. The van der Waals surface area contributed by atoms with Gasteiger partial charge in [-0.05, 0) is 43.0 Å². The lowest BCUT2D eigenvalue weighted by molar-refractivity contribution is -0.147. The lowest BCUT2D eigenvalue weighted by atomic mass is 9.92. The van der Waals surface area contributed by atoms with Crippen LogP contribution in [0.15, 0.2) is 18.2 Å². The number of aliphatic carboxylic acids is 1. The van der Waals surface area contributed by atoms with Crippen molar-refractivity contribution in [2.75, 3.05) is 26.8 Å². The minimum absolute atomic E-state index is 0.00980. The first-order valence-corrected chi connectivity index (χ1v) is 7.90. The number of rotatable bonds is 3. The first kappa shape index (κ1) is 15.6. The third-order valence-corrected chi connectivity index (χ3v) is 4.61. The number of hydrogen-bond donors (Lipinski definition) is 1. The van der Waals surface area contributed by atoms with Gasteiger partial charge in [-0.25, -0.2) is 0 Å². The Morgan fingerprint density at radius 3 is 2.91 bits per heavy atom. The van der Waals surface area contributed by atoms with Crippen LogP contribution in [-0.2, 0) is 16.0 Å². The number of carbonyl (C=O) groups is 2. The number of fused-ring (bicyclic) bond motifs is 1. The largest absolute Gasteiger partial charge is 0.497 e. The Morgan fingerprint density at radius 1 is 1.35 bits per heavy atom. The summed E-state index contributed by atoms with van der Waals surface area (Å²) in [4.78, 5) is 25.5. The monoisotopic (exact) mass is 319 g/mol. The summed E-state index contributed by atoms with van der Waals surface area (Å²) in [5.74, 6) is -0.0186. The van der Waals surface area contributed by atoms with Gasteiger partial charge in [0, 0.05) is 13.1 Å². The van der Waals surface area contributed by atoms with Crippen molar-refractivity contribution in [3.63, 3.8) is 0 Å². The molecule has 2 heterocycles. The molecule has 1 N–H and O–H groups in total. The number of hydrogen-bond acceptors (Lipinski definition) is 4. The van der Waals surface area contributed by atoms with E-state index in [-0.39, 0.29) is 11.8 Å². The van der Waals surface area contributed by atoms with E-state index in [2.05, 4.69) is 0 Å². The second-order valence-corrected chi connectivity index (χ2v) is 6.15. The number of methoxy groups -OCH3 is 1. The average Bonchev–Trinajstić information content (AvgIpc) is 2.60. The topological polar surface area (TPSA) is 76.1 Å². The molecule has 1 amide bonds. The van der Waals surface area contributed by atoms with E-state index in [0.29, 0.717) is 32.5 Å². The summed E-state index contributed by atoms with van der Waals surface area (Å²) in [6.07, 6.45) is 1.97. The van der Waals surface area contributed by atoms with E-state index in [1.807, 2.05) is 18.2 Å². The fourth-order valence-electron chi connectivity index (χ4n) is 3.29. The van der Waals surface area contributed by atoms with Crippen LogP contribution in [-0.4, -0.2) is 48.7 Å². The van der Waals surface area contributed by atoms with Gasteiger partial charge in [0.15, 0.2) is 0 Å². The molecule has 1 aromatic rings. The standard InChI is InChI=1S/C17H21NO5/c1-22-14-4-5-15-12(8-14)7-13(10-23-15)16(19)18-6-2-3-11(9-18)17(20)21/h4-5,8,11,13H,2-3,6-7,9-10H2,1H3,(H,20,21)/t11-,13?/m0/s1. The summed E-state index contributed by atoms with van der Waals surface area (Å²) in [5, 5.41) is 9.16. The summed E-state index contributed by atoms with van der Waals surface area (Å²) >= 11 is 0. The van der Waals surface area contributed by atoms with Crippen molar-refractivity contribution < 1.29 is 24.2 Å². The van der Waals surface area contributed by atoms with Gasteiger partial charge >= 0.3 is 5.97 Å². The van der Waals surface area contributed by atoms with Gasteiger partial charge in [-0.3, -0.25) is 9.59 Å². The van der Waals surface area contributed by atoms with Crippen LogP contribution in [0.3, 0.4) is 0 Å². The highest BCUT2D eigenvalue weighted by Crippen LogP contribution is 2.32. The van der Waals surface area contributed by atoms with Gasteiger partial charge in [0.05, 0.1) is 18.9 Å². The van der Waals surface area contributed by atoms with E-state index in [9.17, 15) is 9.59 Å². The Balaban J connectivity index is 1.70. The van der Waals surface area contributed by atoms with Gasteiger partial charge in [0.1, 0.15) is 18.1 Å². The molecular weight excluding hydrogens is 298 g/mol. The zero-order chi connectivity index (χ0) is 16.4. The highest BCUT2D eigenvalue weighted by Gasteiger charge is 2.34. The van der Waals surface area contributed by atoms with Gasteiger partial charge in [0.2, 0.25) is 5.91 Å². The molecule has 0 bridgehead atoms. The van der Waals surface area contributed by atoms with E-state index in [1.165, 1.54) is 0 Å². The van der Waals surface area contributed by atoms with Crippen molar-refractivity contribution in [3.05, 3.63) is 23.8 Å². The molecule has 1 aromatic carbocycles. The van der Waals surface area contributed by atoms with Crippen molar-refractivity contribution in [3.8, 4) is 11.5 Å². The minimum atomic E-state index is -0.822. The second-order valence-electron chi connectivity index (χ2n) is 6.15. The fourth-order valence-corrected chi connectivity index (χ4v) is 3.29. The molecule has 23 heavy (non-hydrogen) atoms. The Kier molecular flexibility index (Phi) is 4.41. The molecule has 6 heteroatoms. The van der Waals surface area contributed by atoms with Crippen molar-refractivity contribution in [1.82, 2.24) is 4.90 Å². The third kappa shape index (κ3) is 3.25. The molecule has 0 saturated carbocycles. The summed E-state index contributed by atoms with van der Waals surface area (Å²) in [6.45, 7) is 1.27. The Hall–Kier alpha value is -2.24. The second kappa shape index (κ2) is 6.48. The number of carboxylic acids is 1. The first-order valence-electron chi connectivity index (χ1n) is 7.90. The highest BCUT2D eigenvalue weighted by molar-refractivity contribution is 5.81. The number of likely N-dealkylation sites (tertiary alicyclic amines) is 1. The number of carboxylic acid groups (broad SMARTS) is 1. The van der Waals surface area contributed by atoms with E-state index < -0.39 is 11.9 Å². The zero-order valence-corrected chi connectivity index (χ0v) is 13.2. The summed E-state index contributed by atoms with van der Waals surface area (Å²) in [6, 6.07) is 5.59. The van der Waals surface area contributed by atoms with Crippen LogP contribution in [0.2, 0.25) is 0 Å². The summed E-state index contributed by atoms with van der Waals surface area (Å²) < 4.78 is 10.9. The average molecular weight is 319 g/mol. The van der Waals surface area contributed by atoms with Crippen LogP contribution in [0.25, 0.3) is 0 Å². The molecule has 0 radical (unpaired) electrons. The maximum Gasteiger partial charge on any atom is 0.308 e. The van der Waals surface area contributed by atoms with Crippen LogP contribution >= 0.6 is 0 Å². The minimum Gasteiger partial charge on any atom is -0.497 e. The van der Waals surface area contributed by atoms with E-state index in [1.54, 1.807) is 12.0 Å². The van der Waals surface area contributed by atoms with Crippen LogP contribution in [0.5, 0.6) is 11.5 Å². The molecule has 124 valence electrons. The van der Waals surface area contributed by atoms with Gasteiger partial charge in [-0.1, -0.05) is 0 Å². The molecule has 0 aromatic heterocycles. The van der Waals surface area contributed by atoms with Crippen molar-refractivity contribution in [2.45, 2.75) is 19.3 Å². The van der Waals surface area contributed by atoms with Gasteiger partial charge in [-0.2, -0.15) is 0 Å². The number of nitrogens with zero attached hydrogens (tertiary/aromatic N) is 1. The SMILES string of the molecule is COc1ccc2c(c1)CC(C(=O)N1CCC[C@H](C(=O)O)C1)CO2. The van der Waals surface area contributed by atoms with Crippen molar-refractivity contribution in [2.24, 2.45) is 11.8 Å². The van der Waals surface area contributed by atoms with E-state index >= 15 is 0 Å². The third-order valence-electron chi connectivity index (χ3n) is 4.61. The number of amides is 1. The Labute approximate surface area is 135 Å². The highest BCUT2D eigenvalue weighted by atomic mass is 16.5. The molecule has 0 spiro atoms. The van der Waals surface area contributed by atoms with Crippen molar-refractivity contribution in [1.29, 1.82) is 0 Å². The predicted molar refractivity (Wildman–Crippen MR) is 82.6 cm³/mol. The van der Waals surface area contributed by atoms with Gasteiger partial charge in [-0.15, -0.1) is 0 Å². The molecule has 3 rings (SSSR count). The van der Waals surface area contributed by atoms with Crippen LogP contribution in [0.1, 0.15) is 18.4 Å². The quantitative estimate of drug-likeness (QED) is 0.915. The Bertz CT molecular complexity index is 615. The number of piperidine rings is 1. The van der Waals surface area contributed by atoms with Crippen LogP contribution in [0.4, 0.5) is 0 Å². The van der Waals surface area contributed by atoms with Crippen LogP contribution in [0, 0.1) is 11.8 Å². The molecule has 6 nitrogen and oxygen atoms in total. The van der Waals surface area contributed by atoms with Gasteiger partial charge < -0.3 is 19.5 Å². The maximum atomic E-state index is 12.7. The Morgan fingerprint density at radius 2 is 2.17 bits per heavy atom. The van der Waals surface area contributed by atoms with Crippen LogP contribution < -0.4 is 9.47 Å². The normalized spacial score (nSPS) is 23.6. The van der Waals surface area contributed by atoms with E-state index in [4.69, 9.17) is 14.6 Å².